The molecule has 0 bridgehead atoms. The molecule has 0 saturated carbocycles. The third-order valence-corrected chi connectivity index (χ3v) is 7.15. The standard InChI is InChI=1S/C28H21N3O4/c1-16(32)17-11-13-20(14-12-17)30-27(34)22-23(28(30)35)25(26(33)18-7-3-2-4-8-18)31-24(22)21-10-6-5-9-19(21)15-29-31/h2-15,22-25H,1H3/t22-,23+,24+,25-/m0/s1. The van der Waals surface area contributed by atoms with Gasteiger partial charge in [-0.2, -0.15) is 5.10 Å². The van der Waals surface area contributed by atoms with E-state index in [9.17, 15) is 19.2 Å². The molecule has 0 radical (unpaired) electrons. The van der Waals surface area contributed by atoms with E-state index in [0.717, 1.165) is 11.1 Å². The highest BCUT2D eigenvalue weighted by atomic mass is 16.2. The summed E-state index contributed by atoms with van der Waals surface area (Å²) in [6, 6.07) is 21.4. The number of anilines is 1. The molecule has 35 heavy (non-hydrogen) atoms. The monoisotopic (exact) mass is 463 g/mol. The third-order valence-electron chi connectivity index (χ3n) is 7.15. The Morgan fingerprint density at radius 2 is 1.43 bits per heavy atom. The number of benzene rings is 3. The Kier molecular flexibility index (Phi) is 4.74. The van der Waals surface area contributed by atoms with E-state index < -0.39 is 29.8 Å². The average molecular weight is 463 g/mol. The van der Waals surface area contributed by atoms with Crippen LogP contribution in [0.4, 0.5) is 5.69 Å². The normalized spacial score (nSPS) is 24.3. The second-order valence-electron chi connectivity index (χ2n) is 9.04. The van der Waals surface area contributed by atoms with E-state index in [1.165, 1.54) is 11.8 Å². The van der Waals surface area contributed by atoms with Crippen LogP contribution in [0.2, 0.25) is 0 Å². The van der Waals surface area contributed by atoms with Gasteiger partial charge in [0, 0.05) is 11.1 Å². The quantitative estimate of drug-likeness (QED) is 0.435. The number of carbonyl (C=O) groups excluding carboxylic acids is 4. The van der Waals surface area contributed by atoms with Gasteiger partial charge in [0.2, 0.25) is 11.8 Å². The number of hydrogen-bond acceptors (Lipinski definition) is 6. The van der Waals surface area contributed by atoms with Crippen LogP contribution >= 0.6 is 0 Å². The molecule has 2 amide bonds. The number of hydrazone groups is 1. The fourth-order valence-corrected chi connectivity index (χ4v) is 5.54. The molecule has 0 aromatic heterocycles. The molecule has 4 atom stereocenters. The number of carbonyl (C=O) groups is 4. The van der Waals surface area contributed by atoms with E-state index in [-0.39, 0.29) is 17.5 Å². The zero-order valence-electron chi connectivity index (χ0n) is 18.9. The van der Waals surface area contributed by atoms with Gasteiger partial charge in [0.1, 0.15) is 6.04 Å². The lowest BCUT2D eigenvalue weighted by molar-refractivity contribution is -0.124. The third kappa shape index (κ3) is 3.08. The van der Waals surface area contributed by atoms with Gasteiger partial charge in [-0.3, -0.25) is 24.2 Å². The highest BCUT2D eigenvalue weighted by Crippen LogP contribution is 2.53. The topological polar surface area (TPSA) is 87.1 Å². The van der Waals surface area contributed by atoms with E-state index in [1.807, 2.05) is 30.3 Å². The maximum atomic E-state index is 13.8. The van der Waals surface area contributed by atoms with Crippen molar-refractivity contribution in [1.29, 1.82) is 0 Å². The van der Waals surface area contributed by atoms with Crippen molar-refractivity contribution in [2.75, 3.05) is 4.90 Å². The number of Topliss-reactive ketones (excluding diaryl/α,β-unsaturated/α-hetero) is 2. The van der Waals surface area contributed by atoms with Gasteiger partial charge in [0.05, 0.1) is 29.8 Å². The summed E-state index contributed by atoms with van der Waals surface area (Å²) in [6.45, 7) is 1.46. The molecule has 0 unspecified atom stereocenters. The first-order valence-corrected chi connectivity index (χ1v) is 11.5. The molecule has 0 spiro atoms. The summed E-state index contributed by atoms with van der Waals surface area (Å²) in [5, 5.41) is 6.22. The van der Waals surface area contributed by atoms with Crippen molar-refractivity contribution in [2.24, 2.45) is 16.9 Å². The minimum Gasteiger partial charge on any atom is -0.295 e. The van der Waals surface area contributed by atoms with E-state index >= 15 is 0 Å². The number of imide groups is 1. The lowest BCUT2D eigenvalue weighted by Gasteiger charge is -2.33. The summed E-state index contributed by atoms with van der Waals surface area (Å²) >= 11 is 0. The highest BCUT2D eigenvalue weighted by Gasteiger charge is 2.65. The van der Waals surface area contributed by atoms with Crippen molar-refractivity contribution in [2.45, 2.75) is 19.0 Å². The molecule has 0 aliphatic carbocycles. The predicted octanol–water partition coefficient (Wildman–Crippen LogP) is 3.65. The number of nitrogens with zero attached hydrogens (tertiary/aromatic N) is 3. The Morgan fingerprint density at radius 1 is 0.771 bits per heavy atom. The average Bonchev–Trinajstić information content (AvgIpc) is 3.36. The molecule has 7 heteroatoms. The summed E-state index contributed by atoms with van der Waals surface area (Å²) in [5.41, 5.74) is 3.09. The minimum absolute atomic E-state index is 0.103. The van der Waals surface area contributed by atoms with Crippen molar-refractivity contribution < 1.29 is 19.2 Å². The Morgan fingerprint density at radius 3 is 2.14 bits per heavy atom. The van der Waals surface area contributed by atoms with Crippen LogP contribution in [-0.2, 0) is 9.59 Å². The lowest BCUT2D eigenvalue weighted by atomic mass is 9.83. The molecular formula is C28H21N3O4. The van der Waals surface area contributed by atoms with Crippen LogP contribution < -0.4 is 4.90 Å². The molecule has 3 aromatic carbocycles. The summed E-state index contributed by atoms with van der Waals surface area (Å²) in [4.78, 5) is 54.3. The van der Waals surface area contributed by atoms with Crippen LogP contribution in [0.5, 0.6) is 0 Å². The Bertz CT molecular complexity index is 1410. The highest BCUT2D eigenvalue weighted by molar-refractivity contribution is 6.24. The molecule has 2 fully saturated rings. The van der Waals surface area contributed by atoms with E-state index in [2.05, 4.69) is 5.10 Å². The molecule has 6 rings (SSSR count). The van der Waals surface area contributed by atoms with Crippen molar-refractivity contribution >= 4 is 35.3 Å². The van der Waals surface area contributed by atoms with Crippen LogP contribution in [-0.4, -0.2) is 40.6 Å². The number of fused-ring (bicyclic) bond motifs is 5. The van der Waals surface area contributed by atoms with Gasteiger partial charge in [-0.1, -0.05) is 54.6 Å². The van der Waals surface area contributed by atoms with Crippen LogP contribution in [0.25, 0.3) is 0 Å². The summed E-state index contributed by atoms with van der Waals surface area (Å²) in [5.74, 6) is -2.77. The molecule has 7 nitrogen and oxygen atoms in total. The fourth-order valence-electron chi connectivity index (χ4n) is 5.54. The van der Waals surface area contributed by atoms with Gasteiger partial charge >= 0.3 is 0 Å². The molecule has 2 saturated heterocycles. The number of amides is 2. The van der Waals surface area contributed by atoms with Crippen LogP contribution in [0, 0.1) is 11.8 Å². The summed E-state index contributed by atoms with van der Waals surface area (Å²) < 4.78 is 0. The van der Waals surface area contributed by atoms with Crippen molar-refractivity contribution in [1.82, 2.24) is 5.01 Å². The zero-order valence-corrected chi connectivity index (χ0v) is 18.9. The van der Waals surface area contributed by atoms with Crippen molar-refractivity contribution in [3.05, 3.63) is 101 Å². The second-order valence-corrected chi connectivity index (χ2v) is 9.04. The molecule has 3 aromatic rings. The van der Waals surface area contributed by atoms with Gasteiger partial charge in [-0.15, -0.1) is 0 Å². The first kappa shape index (κ1) is 21.2. The van der Waals surface area contributed by atoms with Crippen molar-refractivity contribution in [3.63, 3.8) is 0 Å². The second kappa shape index (κ2) is 7.84. The summed E-state index contributed by atoms with van der Waals surface area (Å²) in [7, 11) is 0. The minimum atomic E-state index is -0.907. The van der Waals surface area contributed by atoms with Gasteiger partial charge in [-0.05, 0) is 42.3 Å². The SMILES string of the molecule is CC(=O)c1ccc(N2C(=O)[C@@H]3[C@H](C2=O)[C@H]2c4ccccc4C=NN2[C@@H]3C(=O)c2ccccc2)cc1. The van der Waals surface area contributed by atoms with Crippen LogP contribution in [0.1, 0.15) is 44.8 Å². The van der Waals surface area contributed by atoms with E-state index in [1.54, 1.807) is 59.8 Å². The molecule has 3 aliphatic heterocycles. The number of hydrogen-bond donors (Lipinski definition) is 0. The first-order chi connectivity index (χ1) is 17.0. The van der Waals surface area contributed by atoms with Gasteiger partial charge in [-0.25, -0.2) is 4.90 Å². The Balaban J connectivity index is 1.47. The van der Waals surface area contributed by atoms with Crippen molar-refractivity contribution in [3.8, 4) is 0 Å². The van der Waals surface area contributed by atoms with Crippen LogP contribution in [0.3, 0.4) is 0 Å². The molecule has 0 N–H and O–H groups in total. The molecule has 3 aliphatic rings. The maximum Gasteiger partial charge on any atom is 0.240 e. The van der Waals surface area contributed by atoms with E-state index in [4.69, 9.17) is 0 Å². The predicted molar refractivity (Wildman–Crippen MR) is 129 cm³/mol. The molecule has 172 valence electrons. The largest absolute Gasteiger partial charge is 0.295 e. The first-order valence-electron chi connectivity index (χ1n) is 11.5. The number of rotatable bonds is 4. The van der Waals surface area contributed by atoms with Crippen LogP contribution in [0.15, 0.2) is 84.0 Å². The van der Waals surface area contributed by atoms with Gasteiger partial charge in [0.15, 0.2) is 11.6 Å². The summed E-state index contributed by atoms with van der Waals surface area (Å²) in [6.07, 6.45) is 1.69. The van der Waals surface area contributed by atoms with Gasteiger partial charge in [0.25, 0.3) is 0 Å². The maximum absolute atomic E-state index is 13.8. The zero-order chi connectivity index (χ0) is 24.3. The molecular weight excluding hydrogens is 442 g/mol. The fraction of sp³-hybridized carbons (Fsp3) is 0.179. The van der Waals surface area contributed by atoms with Gasteiger partial charge < -0.3 is 0 Å². The number of ketones is 2. The van der Waals surface area contributed by atoms with E-state index in [0.29, 0.717) is 16.8 Å². The molecule has 3 heterocycles. The Labute approximate surface area is 201 Å². The lowest BCUT2D eigenvalue weighted by Crippen LogP contribution is -2.44. The Hall–Kier alpha value is -4.39. The smallest absolute Gasteiger partial charge is 0.240 e.